The van der Waals surface area contributed by atoms with E-state index in [1.54, 1.807) is 0 Å². The molecule has 2 N–H and O–H groups in total. The lowest BCUT2D eigenvalue weighted by molar-refractivity contribution is 0.751. The second kappa shape index (κ2) is 7.10. The van der Waals surface area contributed by atoms with Gasteiger partial charge < -0.3 is 10.6 Å². The molecule has 4 nitrogen and oxygen atoms in total. The highest BCUT2D eigenvalue weighted by atomic mass is 15.2. The molecule has 108 valence electrons. The zero-order valence-electron chi connectivity index (χ0n) is 12.4. The number of benzene rings is 1. The number of aryl methyl sites for hydroxylation is 1. The lowest BCUT2D eigenvalue weighted by atomic mass is 10.1. The molecule has 0 bridgehead atoms. The molecule has 0 atom stereocenters. The molecule has 2 rings (SSSR count). The molecule has 4 heteroatoms. The van der Waals surface area contributed by atoms with Gasteiger partial charge in [0.25, 0.3) is 0 Å². The summed E-state index contributed by atoms with van der Waals surface area (Å²) in [7, 11) is 1.96. The van der Waals surface area contributed by atoms with Crippen molar-refractivity contribution in [2.24, 2.45) is 12.8 Å². The summed E-state index contributed by atoms with van der Waals surface area (Å²) in [5.74, 6) is 0. The molecular formula is C16H24N4. The van der Waals surface area contributed by atoms with Crippen molar-refractivity contribution >= 4 is 5.69 Å². The third-order valence-electron chi connectivity index (χ3n) is 3.46. The monoisotopic (exact) mass is 272 g/mol. The van der Waals surface area contributed by atoms with Crippen LogP contribution in [-0.4, -0.2) is 22.9 Å². The minimum absolute atomic E-state index is 0.601. The first-order chi connectivity index (χ1) is 9.72. The van der Waals surface area contributed by atoms with Crippen LogP contribution in [0.5, 0.6) is 0 Å². The van der Waals surface area contributed by atoms with Gasteiger partial charge in [-0.15, -0.1) is 0 Å². The van der Waals surface area contributed by atoms with Crippen molar-refractivity contribution < 1.29 is 0 Å². The fourth-order valence-electron chi connectivity index (χ4n) is 2.35. The van der Waals surface area contributed by atoms with E-state index in [2.05, 4.69) is 47.4 Å². The van der Waals surface area contributed by atoms with Crippen LogP contribution < -0.4 is 10.6 Å². The van der Waals surface area contributed by atoms with Crippen LogP contribution in [0.15, 0.2) is 36.7 Å². The lowest BCUT2D eigenvalue weighted by Crippen LogP contribution is -2.26. The van der Waals surface area contributed by atoms with Gasteiger partial charge in [0.2, 0.25) is 0 Å². The van der Waals surface area contributed by atoms with Gasteiger partial charge in [0.05, 0.1) is 6.20 Å². The molecule has 1 aromatic carbocycles. The van der Waals surface area contributed by atoms with Gasteiger partial charge in [-0.05, 0) is 36.1 Å². The van der Waals surface area contributed by atoms with E-state index in [-0.39, 0.29) is 0 Å². The summed E-state index contributed by atoms with van der Waals surface area (Å²) < 4.78 is 1.86. The lowest BCUT2D eigenvalue weighted by Gasteiger charge is -2.24. The molecule has 0 fully saturated rings. The molecule has 0 radical (unpaired) electrons. The zero-order valence-corrected chi connectivity index (χ0v) is 12.4. The highest BCUT2D eigenvalue weighted by molar-refractivity contribution is 5.47. The average molecular weight is 272 g/mol. The molecule has 20 heavy (non-hydrogen) atoms. The van der Waals surface area contributed by atoms with Crippen LogP contribution in [-0.2, 0) is 20.0 Å². The topological polar surface area (TPSA) is 47.1 Å². The van der Waals surface area contributed by atoms with Crippen LogP contribution >= 0.6 is 0 Å². The molecule has 0 aliphatic heterocycles. The third-order valence-corrected chi connectivity index (χ3v) is 3.46. The van der Waals surface area contributed by atoms with Gasteiger partial charge in [0, 0.05) is 38.6 Å². The predicted octanol–water partition coefficient (Wildman–Crippen LogP) is 2.34. The Morgan fingerprint density at radius 3 is 2.45 bits per heavy atom. The zero-order chi connectivity index (χ0) is 14.4. The maximum Gasteiger partial charge on any atom is 0.0522 e. The summed E-state index contributed by atoms with van der Waals surface area (Å²) in [5.41, 5.74) is 9.38. The van der Waals surface area contributed by atoms with Gasteiger partial charge in [0.1, 0.15) is 0 Å². The van der Waals surface area contributed by atoms with Crippen molar-refractivity contribution in [1.82, 2.24) is 9.78 Å². The Labute approximate surface area is 121 Å². The number of rotatable bonds is 7. The molecule has 1 aromatic heterocycles. The van der Waals surface area contributed by atoms with Gasteiger partial charge >= 0.3 is 0 Å². The first-order valence-electron chi connectivity index (χ1n) is 7.24. The van der Waals surface area contributed by atoms with Crippen molar-refractivity contribution in [2.75, 3.05) is 18.0 Å². The smallest absolute Gasteiger partial charge is 0.0522 e. The molecular weight excluding hydrogens is 248 g/mol. The molecule has 0 amide bonds. The van der Waals surface area contributed by atoms with Crippen LogP contribution in [0.2, 0.25) is 0 Å². The molecule has 0 aliphatic carbocycles. The van der Waals surface area contributed by atoms with Crippen LogP contribution in [0, 0.1) is 0 Å². The van der Waals surface area contributed by atoms with Crippen molar-refractivity contribution in [2.45, 2.75) is 26.3 Å². The highest BCUT2D eigenvalue weighted by Gasteiger charge is 2.06. The fourth-order valence-corrected chi connectivity index (χ4v) is 2.35. The average Bonchev–Trinajstić information content (AvgIpc) is 2.89. The van der Waals surface area contributed by atoms with Crippen LogP contribution in [0.25, 0.3) is 0 Å². The molecule has 1 heterocycles. The molecule has 0 spiro atoms. The second-order valence-electron chi connectivity index (χ2n) is 5.13. The summed E-state index contributed by atoms with van der Waals surface area (Å²) in [5, 5.41) is 4.22. The number of nitrogens with zero attached hydrogens (tertiary/aromatic N) is 3. The number of hydrogen-bond donors (Lipinski definition) is 1. The van der Waals surface area contributed by atoms with Crippen molar-refractivity contribution in [3.63, 3.8) is 0 Å². The van der Waals surface area contributed by atoms with Gasteiger partial charge in [-0.2, -0.15) is 5.10 Å². The Hall–Kier alpha value is -1.81. The predicted molar refractivity (Wildman–Crippen MR) is 83.7 cm³/mol. The van der Waals surface area contributed by atoms with Crippen molar-refractivity contribution in [3.8, 4) is 0 Å². The third kappa shape index (κ3) is 3.84. The maximum atomic E-state index is 5.65. The Bertz CT molecular complexity index is 516. The molecule has 2 aromatic rings. The second-order valence-corrected chi connectivity index (χ2v) is 5.13. The van der Waals surface area contributed by atoms with E-state index in [0.717, 1.165) is 25.9 Å². The fraction of sp³-hybridized carbons (Fsp3) is 0.438. The van der Waals surface area contributed by atoms with Crippen LogP contribution in [0.4, 0.5) is 5.69 Å². The van der Waals surface area contributed by atoms with Crippen molar-refractivity contribution in [3.05, 3.63) is 47.8 Å². The standard InChI is InChI=1S/C16H24N4/c1-3-9-20(10-8-15-12-18-19(2)13-15)16-6-4-14(11-17)5-7-16/h4-7,12-13H,3,8-11,17H2,1-2H3. The molecule has 0 saturated heterocycles. The van der Waals surface area contributed by atoms with Crippen LogP contribution in [0.1, 0.15) is 24.5 Å². The number of aromatic nitrogens is 2. The van der Waals surface area contributed by atoms with Gasteiger partial charge in [-0.1, -0.05) is 19.1 Å². The van der Waals surface area contributed by atoms with Gasteiger partial charge in [-0.3, -0.25) is 4.68 Å². The van der Waals surface area contributed by atoms with Gasteiger partial charge in [0.15, 0.2) is 0 Å². The summed E-state index contributed by atoms with van der Waals surface area (Å²) in [6.07, 6.45) is 6.20. The first-order valence-corrected chi connectivity index (χ1v) is 7.24. The number of hydrogen-bond acceptors (Lipinski definition) is 3. The van der Waals surface area contributed by atoms with E-state index in [1.165, 1.54) is 16.8 Å². The number of anilines is 1. The molecule has 0 unspecified atom stereocenters. The van der Waals surface area contributed by atoms with E-state index in [9.17, 15) is 0 Å². The molecule has 0 aliphatic rings. The first kappa shape index (κ1) is 14.6. The van der Waals surface area contributed by atoms with E-state index >= 15 is 0 Å². The number of nitrogens with two attached hydrogens (primary N) is 1. The Kier molecular flexibility index (Phi) is 5.18. The van der Waals surface area contributed by atoms with E-state index < -0.39 is 0 Å². The Morgan fingerprint density at radius 2 is 1.90 bits per heavy atom. The van der Waals surface area contributed by atoms with E-state index in [1.807, 2.05) is 17.9 Å². The summed E-state index contributed by atoms with van der Waals surface area (Å²) in [6.45, 7) is 4.90. The Morgan fingerprint density at radius 1 is 1.15 bits per heavy atom. The quantitative estimate of drug-likeness (QED) is 0.841. The SMILES string of the molecule is CCCN(CCc1cnn(C)c1)c1ccc(CN)cc1. The summed E-state index contributed by atoms with van der Waals surface area (Å²) in [4.78, 5) is 2.42. The minimum Gasteiger partial charge on any atom is -0.371 e. The van der Waals surface area contributed by atoms with Crippen molar-refractivity contribution in [1.29, 1.82) is 0 Å². The van der Waals surface area contributed by atoms with E-state index in [4.69, 9.17) is 5.73 Å². The van der Waals surface area contributed by atoms with E-state index in [0.29, 0.717) is 6.54 Å². The maximum absolute atomic E-state index is 5.65. The normalized spacial score (nSPS) is 10.8. The van der Waals surface area contributed by atoms with Crippen LogP contribution in [0.3, 0.4) is 0 Å². The summed E-state index contributed by atoms with van der Waals surface area (Å²) in [6, 6.07) is 8.56. The molecule has 0 saturated carbocycles. The van der Waals surface area contributed by atoms with Gasteiger partial charge in [-0.25, -0.2) is 0 Å². The largest absolute Gasteiger partial charge is 0.371 e. The Balaban J connectivity index is 2.01. The highest BCUT2D eigenvalue weighted by Crippen LogP contribution is 2.16. The summed E-state index contributed by atoms with van der Waals surface area (Å²) >= 11 is 0. The minimum atomic E-state index is 0.601.